The van der Waals surface area contributed by atoms with E-state index in [9.17, 15) is 9.59 Å². The van der Waals surface area contributed by atoms with Crippen LogP contribution in [0.15, 0.2) is 30.3 Å². The topological polar surface area (TPSA) is 78.6 Å². The van der Waals surface area contributed by atoms with Crippen molar-refractivity contribution in [3.63, 3.8) is 0 Å². The summed E-state index contributed by atoms with van der Waals surface area (Å²) in [5.74, 6) is 3.32. The van der Waals surface area contributed by atoms with Gasteiger partial charge in [-0.3, -0.25) is 0 Å². The van der Waals surface area contributed by atoms with E-state index < -0.39 is 17.5 Å². The van der Waals surface area contributed by atoms with Crippen LogP contribution < -0.4 is 5.90 Å². The van der Waals surface area contributed by atoms with Crippen molar-refractivity contribution in [2.75, 3.05) is 0 Å². The molecule has 5 nitrogen and oxygen atoms in total. The van der Waals surface area contributed by atoms with Crippen molar-refractivity contribution in [2.45, 2.75) is 19.4 Å². The molecule has 0 amide bonds. The second-order valence-corrected chi connectivity index (χ2v) is 3.67. The Bertz CT molecular complexity index is 386. The lowest BCUT2D eigenvalue weighted by Crippen LogP contribution is -2.40. The van der Waals surface area contributed by atoms with Crippen molar-refractivity contribution < 1.29 is 19.2 Å². The Balaban J connectivity index is 2.76. The third-order valence-electron chi connectivity index (χ3n) is 1.96. The van der Waals surface area contributed by atoms with E-state index in [-0.39, 0.29) is 0 Å². The van der Waals surface area contributed by atoms with Crippen molar-refractivity contribution >= 4 is 11.9 Å². The van der Waals surface area contributed by atoms with Gasteiger partial charge in [-0.05, 0) is 26.0 Å². The zero-order valence-electron chi connectivity index (χ0n) is 9.10. The quantitative estimate of drug-likeness (QED) is 0.611. The molecule has 2 N–H and O–H groups in total. The molecule has 5 heteroatoms. The van der Waals surface area contributed by atoms with Gasteiger partial charge in [-0.2, -0.15) is 5.90 Å². The van der Waals surface area contributed by atoms with Gasteiger partial charge in [0.25, 0.3) is 0 Å². The number of benzene rings is 1. The van der Waals surface area contributed by atoms with Crippen LogP contribution in [0.2, 0.25) is 0 Å². The van der Waals surface area contributed by atoms with Crippen molar-refractivity contribution in [1.82, 2.24) is 0 Å². The molecule has 0 fully saturated rings. The smallest absolute Gasteiger partial charge is 0.368 e. The van der Waals surface area contributed by atoms with Gasteiger partial charge in [0.15, 0.2) is 0 Å². The first-order valence-electron chi connectivity index (χ1n) is 4.67. The number of esters is 1. The summed E-state index contributed by atoms with van der Waals surface area (Å²) in [6.07, 6.45) is 0. The van der Waals surface area contributed by atoms with E-state index in [1.54, 1.807) is 30.3 Å². The molecule has 0 bridgehead atoms. The van der Waals surface area contributed by atoms with Gasteiger partial charge in [0.1, 0.15) is 0 Å². The Morgan fingerprint density at radius 2 is 1.75 bits per heavy atom. The summed E-state index contributed by atoms with van der Waals surface area (Å²) in [5.41, 5.74) is -1.04. The molecule has 0 aromatic heterocycles. The zero-order valence-corrected chi connectivity index (χ0v) is 9.10. The van der Waals surface area contributed by atoms with Gasteiger partial charge in [0.2, 0.25) is 5.60 Å². The second-order valence-electron chi connectivity index (χ2n) is 3.67. The van der Waals surface area contributed by atoms with Crippen LogP contribution >= 0.6 is 0 Å². The molecule has 1 aromatic carbocycles. The van der Waals surface area contributed by atoms with Crippen LogP contribution in [0.5, 0.6) is 0 Å². The first-order chi connectivity index (χ1) is 7.47. The largest absolute Gasteiger partial charge is 0.444 e. The number of rotatable bonds is 3. The minimum Gasteiger partial charge on any atom is -0.444 e. The molecule has 0 aliphatic carbocycles. The van der Waals surface area contributed by atoms with E-state index in [1.165, 1.54) is 13.8 Å². The van der Waals surface area contributed by atoms with Gasteiger partial charge >= 0.3 is 11.9 Å². The lowest BCUT2D eigenvalue weighted by atomic mass is 10.1. The molecule has 1 rings (SSSR count). The molecular weight excluding hydrogens is 210 g/mol. The van der Waals surface area contributed by atoms with E-state index in [1.807, 2.05) is 0 Å². The minimum absolute atomic E-state index is 0.361. The van der Waals surface area contributed by atoms with Crippen LogP contribution in [-0.2, 0) is 14.4 Å². The highest BCUT2D eigenvalue weighted by molar-refractivity contribution is 5.92. The molecule has 0 aliphatic rings. The summed E-state index contributed by atoms with van der Waals surface area (Å²) in [6.45, 7) is 2.81. The Hall–Kier alpha value is -1.88. The van der Waals surface area contributed by atoms with Crippen LogP contribution in [0.4, 0.5) is 0 Å². The van der Waals surface area contributed by atoms with Crippen molar-refractivity contribution in [3.05, 3.63) is 35.9 Å². The van der Waals surface area contributed by atoms with Crippen molar-refractivity contribution in [2.24, 2.45) is 5.90 Å². The predicted molar refractivity (Wildman–Crippen MR) is 56.2 cm³/mol. The lowest BCUT2D eigenvalue weighted by Gasteiger charge is -2.21. The van der Waals surface area contributed by atoms with E-state index in [0.29, 0.717) is 5.56 Å². The average molecular weight is 223 g/mol. The van der Waals surface area contributed by atoms with Crippen LogP contribution in [0.1, 0.15) is 24.2 Å². The Labute approximate surface area is 93.1 Å². The molecule has 0 atom stereocenters. The van der Waals surface area contributed by atoms with E-state index in [0.717, 1.165) is 0 Å². The summed E-state index contributed by atoms with van der Waals surface area (Å²) in [5, 5.41) is 0. The SMILES string of the molecule is CC(C)(OC(=O)c1ccccc1)C(=O)ON. The Morgan fingerprint density at radius 3 is 2.25 bits per heavy atom. The van der Waals surface area contributed by atoms with Crippen molar-refractivity contribution in [3.8, 4) is 0 Å². The van der Waals surface area contributed by atoms with Crippen LogP contribution in [0.3, 0.4) is 0 Å². The van der Waals surface area contributed by atoms with Crippen LogP contribution in [0.25, 0.3) is 0 Å². The first kappa shape index (κ1) is 12.2. The number of hydrogen-bond acceptors (Lipinski definition) is 5. The number of nitrogens with two attached hydrogens (primary N) is 1. The van der Waals surface area contributed by atoms with Gasteiger partial charge in [0.05, 0.1) is 5.56 Å². The Morgan fingerprint density at radius 1 is 1.19 bits per heavy atom. The molecule has 86 valence electrons. The standard InChI is InChI=1S/C11H13NO4/c1-11(2,10(14)16-12)15-9(13)8-6-4-3-5-7-8/h3-7H,12H2,1-2H3. The molecule has 1 aromatic rings. The number of carbonyl (C=O) groups is 2. The third-order valence-corrected chi connectivity index (χ3v) is 1.96. The number of ether oxygens (including phenoxy) is 1. The Kier molecular flexibility index (Phi) is 3.63. The number of carbonyl (C=O) groups excluding carboxylic acids is 2. The molecular formula is C11H13NO4. The summed E-state index contributed by atoms with van der Waals surface area (Å²) in [6, 6.07) is 8.35. The highest BCUT2D eigenvalue weighted by atomic mass is 16.7. The van der Waals surface area contributed by atoms with Gasteiger partial charge in [-0.25, -0.2) is 9.59 Å². The van der Waals surface area contributed by atoms with Gasteiger partial charge in [-0.1, -0.05) is 18.2 Å². The summed E-state index contributed by atoms with van der Waals surface area (Å²) in [7, 11) is 0. The summed E-state index contributed by atoms with van der Waals surface area (Å²) in [4.78, 5) is 26.8. The van der Waals surface area contributed by atoms with Gasteiger partial charge in [0, 0.05) is 0 Å². The third kappa shape index (κ3) is 2.80. The summed E-state index contributed by atoms with van der Waals surface area (Å²) < 4.78 is 4.98. The van der Waals surface area contributed by atoms with Gasteiger partial charge < -0.3 is 9.57 Å². The molecule has 0 radical (unpaired) electrons. The zero-order chi connectivity index (χ0) is 12.2. The number of hydrogen-bond donors (Lipinski definition) is 1. The fraction of sp³-hybridized carbons (Fsp3) is 0.273. The van der Waals surface area contributed by atoms with E-state index in [4.69, 9.17) is 10.6 Å². The van der Waals surface area contributed by atoms with Crippen LogP contribution in [-0.4, -0.2) is 17.5 Å². The second kappa shape index (κ2) is 4.76. The van der Waals surface area contributed by atoms with Gasteiger partial charge in [-0.15, -0.1) is 0 Å². The predicted octanol–water partition coefficient (Wildman–Crippen LogP) is 1.04. The molecule has 0 unspecified atom stereocenters. The molecule has 0 heterocycles. The first-order valence-corrected chi connectivity index (χ1v) is 4.67. The minimum atomic E-state index is -1.40. The highest BCUT2D eigenvalue weighted by Gasteiger charge is 2.34. The fourth-order valence-corrected chi connectivity index (χ4v) is 1.05. The van der Waals surface area contributed by atoms with E-state index >= 15 is 0 Å². The molecule has 0 aliphatic heterocycles. The maximum Gasteiger partial charge on any atom is 0.368 e. The van der Waals surface area contributed by atoms with Crippen molar-refractivity contribution in [1.29, 1.82) is 0 Å². The molecule has 0 saturated heterocycles. The maximum absolute atomic E-state index is 11.6. The fourth-order valence-electron chi connectivity index (χ4n) is 1.05. The molecule has 16 heavy (non-hydrogen) atoms. The maximum atomic E-state index is 11.6. The highest BCUT2D eigenvalue weighted by Crippen LogP contribution is 2.14. The lowest BCUT2D eigenvalue weighted by molar-refractivity contribution is -0.163. The normalized spacial score (nSPS) is 10.7. The van der Waals surface area contributed by atoms with E-state index in [2.05, 4.69) is 4.84 Å². The average Bonchev–Trinajstić information content (AvgIpc) is 2.28. The monoisotopic (exact) mass is 223 g/mol. The molecule has 0 spiro atoms. The summed E-state index contributed by atoms with van der Waals surface area (Å²) >= 11 is 0. The van der Waals surface area contributed by atoms with Crippen LogP contribution in [0, 0.1) is 0 Å². The molecule has 0 saturated carbocycles.